The van der Waals surface area contributed by atoms with Crippen LogP contribution in [-0.4, -0.2) is 20.5 Å². The van der Waals surface area contributed by atoms with E-state index < -0.39 is 10.0 Å². The van der Waals surface area contributed by atoms with Crippen molar-refractivity contribution in [3.8, 4) is 28.5 Å². The van der Waals surface area contributed by atoms with Gasteiger partial charge in [0.15, 0.2) is 0 Å². The molecule has 0 fully saturated rings. The zero-order chi connectivity index (χ0) is 22.0. The molecule has 0 unspecified atom stereocenters. The number of nitrogens with one attached hydrogen (secondary N) is 1. The van der Waals surface area contributed by atoms with E-state index in [-0.39, 0.29) is 10.6 Å². The average molecular weight is 455 g/mol. The van der Waals surface area contributed by atoms with Gasteiger partial charge in [-0.2, -0.15) is 0 Å². The fourth-order valence-electron chi connectivity index (χ4n) is 3.05. The van der Waals surface area contributed by atoms with Crippen molar-refractivity contribution in [2.24, 2.45) is 0 Å². The summed E-state index contributed by atoms with van der Waals surface area (Å²) in [6, 6.07) is 19.2. The lowest BCUT2D eigenvalue weighted by molar-refractivity contribution is 0.403. The molecule has 4 aromatic rings. The van der Waals surface area contributed by atoms with Crippen LogP contribution in [0.15, 0.2) is 82.3 Å². The van der Waals surface area contributed by atoms with Crippen molar-refractivity contribution in [2.75, 3.05) is 11.8 Å². The van der Waals surface area contributed by atoms with Crippen molar-refractivity contribution in [3.63, 3.8) is 0 Å². The van der Waals surface area contributed by atoms with E-state index in [1.165, 1.54) is 19.2 Å². The molecule has 0 bridgehead atoms. The summed E-state index contributed by atoms with van der Waals surface area (Å²) >= 11 is 5.98. The van der Waals surface area contributed by atoms with Gasteiger partial charge in [-0.05, 0) is 43.3 Å². The van der Waals surface area contributed by atoms with Crippen molar-refractivity contribution < 1.29 is 17.6 Å². The molecule has 0 saturated heterocycles. The molecule has 0 aliphatic rings. The van der Waals surface area contributed by atoms with Gasteiger partial charge in [0.05, 0.1) is 7.11 Å². The second-order valence-corrected chi connectivity index (χ2v) is 8.97. The largest absolute Gasteiger partial charge is 0.495 e. The molecule has 6 nitrogen and oxygen atoms in total. The number of anilines is 1. The van der Waals surface area contributed by atoms with Crippen LogP contribution in [0.4, 0.5) is 5.69 Å². The molecular formula is C23H19ClN2O4S. The lowest BCUT2D eigenvalue weighted by Crippen LogP contribution is -2.14. The van der Waals surface area contributed by atoms with E-state index in [2.05, 4.69) is 9.71 Å². The molecule has 0 amide bonds. The number of aryl methyl sites for hydroxylation is 1. The Labute approximate surface area is 185 Å². The first-order valence-corrected chi connectivity index (χ1v) is 11.2. The third-order valence-electron chi connectivity index (χ3n) is 4.63. The lowest BCUT2D eigenvalue weighted by Gasteiger charge is -2.12. The van der Waals surface area contributed by atoms with Gasteiger partial charge in [0.2, 0.25) is 5.89 Å². The molecule has 31 heavy (non-hydrogen) atoms. The van der Waals surface area contributed by atoms with Crippen LogP contribution >= 0.6 is 11.6 Å². The number of nitrogens with zero attached hydrogens (tertiary/aromatic N) is 1. The SMILES string of the molecule is COc1ccc(Cl)cc1S(=O)(=O)Nc1cccc(-c2nc(-c3ccc(C)cc3)co2)c1. The molecule has 158 valence electrons. The zero-order valence-electron chi connectivity index (χ0n) is 16.8. The molecule has 0 aliphatic carbocycles. The Morgan fingerprint density at radius 1 is 1.00 bits per heavy atom. The highest BCUT2D eigenvalue weighted by Gasteiger charge is 2.21. The Bertz CT molecular complexity index is 1330. The van der Waals surface area contributed by atoms with Crippen molar-refractivity contribution in [3.05, 3.63) is 83.6 Å². The predicted octanol–water partition coefficient (Wildman–Crippen LogP) is 5.78. The maximum absolute atomic E-state index is 12.9. The van der Waals surface area contributed by atoms with Crippen LogP contribution in [0, 0.1) is 6.92 Å². The maximum Gasteiger partial charge on any atom is 0.265 e. The summed E-state index contributed by atoms with van der Waals surface area (Å²) in [4.78, 5) is 4.48. The summed E-state index contributed by atoms with van der Waals surface area (Å²) in [7, 11) is -2.53. The van der Waals surface area contributed by atoms with E-state index in [0.717, 1.165) is 11.1 Å². The third-order valence-corrected chi connectivity index (χ3v) is 6.27. The number of ether oxygens (including phenoxy) is 1. The molecule has 0 saturated carbocycles. The second kappa shape index (κ2) is 8.45. The van der Waals surface area contributed by atoms with Gasteiger partial charge < -0.3 is 9.15 Å². The van der Waals surface area contributed by atoms with Gasteiger partial charge in [0.25, 0.3) is 10.0 Å². The normalized spacial score (nSPS) is 11.3. The number of halogens is 1. The highest BCUT2D eigenvalue weighted by atomic mass is 35.5. The van der Waals surface area contributed by atoms with Gasteiger partial charge in [-0.25, -0.2) is 13.4 Å². The first-order valence-electron chi connectivity index (χ1n) is 9.35. The van der Waals surface area contributed by atoms with Gasteiger partial charge in [-0.15, -0.1) is 0 Å². The highest BCUT2D eigenvalue weighted by molar-refractivity contribution is 7.92. The number of methoxy groups -OCH3 is 1. The Balaban J connectivity index is 1.62. The first-order chi connectivity index (χ1) is 14.9. The van der Waals surface area contributed by atoms with E-state index in [4.69, 9.17) is 20.8 Å². The second-order valence-electron chi connectivity index (χ2n) is 6.89. The van der Waals surface area contributed by atoms with Crippen LogP contribution in [0.1, 0.15) is 5.56 Å². The topological polar surface area (TPSA) is 81.4 Å². The van der Waals surface area contributed by atoms with Crippen molar-refractivity contribution in [1.29, 1.82) is 0 Å². The van der Waals surface area contributed by atoms with Crippen LogP contribution < -0.4 is 9.46 Å². The van der Waals surface area contributed by atoms with E-state index in [0.29, 0.717) is 27.9 Å². The molecule has 8 heteroatoms. The van der Waals surface area contributed by atoms with E-state index in [1.54, 1.807) is 36.6 Å². The number of hydrogen-bond donors (Lipinski definition) is 1. The Morgan fingerprint density at radius 3 is 2.52 bits per heavy atom. The molecule has 1 heterocycles. The standard InChI is InChI=1S/C23H19ClN2O4S/c1-15-6-8-16(9-7-15)20-14-30-23(25-20)17-4-3-5-19(12-17)26-31(27,28)22-13-18(24)10-11-21(22)29-2/h3-14,26H,1-2H3. The first kappa shape index (κ1) is 21.0. The minimum absolute atomic E-state index is 0.0503. The molecule has 3 aromatic carbocycles. The molecule has 1 aromatic heterocycles. The van der Waals surface area contributed by atoms with Crippen molar-refractivity contribution in [2.45, 2.75) is 11.8 Å². The number of sulfonamides is 1. The Morgan fingerprint density at radius 2 is 1.77 bits per heavy atom. The molecule has 1 N–H and O–H groups in total. The minimum Gasteiger partial charge on any atom is -0.495 e. The summed E-state index contributed by atoms with van der Waals surface area (Å²) < 4.78 is 39.2. The zero-order valence-corrected chi connectivity index (χ0v) is 18.4. The number of benzene rings is 3. The van der Waals surface area contributed by atoms with Crippen LogP contribution in [0.2, 0.25) is 5.02 Å². The summed E-state index contributed by atoms with van der Waals surface area (Å²) in [5, 5.41) is 0.290. The van der Waals surface area contributed by atoms with E-state index >= 15 is 0 Å². The van der Waals surface area contributed by atoms with Crippen LogP contribution in [-0.2, 0) is 10.0 Å². The fourth-order valence-corrected chi connectivity index (χ4v) is 4.53. The molecular weight excluding hydrogens is 436 g/mol. The molecule has 0 aliphatic heterocycles. The number of hydrogen-bond acceptors (Lipinski definition) is 5. The van der Waals surface area contributed by atoms with Gasteiger partial charge in [-0.3, -0.25) is 4.72 Å². The molecule has 4 rings (SSSR count). The molecule has 0 radical (unpaired) electrons. The van der Waals surface area contributed by atoms with Gasteiger partial charge >= 0.3 is 0 Å². The smallest absolute Gasteiger partial charge is 0.265 e. The minimum atomic E-state index is -3.93. The van der Waals surface area contributed by atoms with Crippen molar-refractivity contribution >= 4 is 27.3 Å². The highest BCUT2D eigenvalue weighted by Crippen LogP contribution is 2.30. The van der Waals surface area contributed by atoms with Crippen LogP contribution in [0.25, 0.3) is 22.7 Å². The lowest BCUT2D eigenvalue weighted by atomic mass is 10.1. The molecule has 0 spiro atoms. The summed E-state index contributed by atoms with van der Waals surface area (Å²) in [5.74, 6) is 0.584. The quantitative estimate of drug-likeness (QED) is 0.399. The fraction of sp³-hybridized carbons (Fsp3) is 0.0870. The van der Waals surface area contributed by atoms with Gasteiger partial charge in [0.1, 0.15) is 22.6 Å². The summed E-state index contributed by atoms with van der Waals surface area (Å²) in [5.41, 5.74) is 3.78. The van der Waals surface area contributed by atoms with Crippen LogP contribution in [0.3, 0.4) is 0 Å². The van der Waals surface area contributed by atoms with E-state index in [9.17, 15) is 8.42 Å². The number of rotatable bonds is 6. The van der Waals surface area contributed by atoms with Crippen LogP contribution in [0.5, 0.6) is 5.75 Å². The maximum atomic E-state index is 12.9. The average Bonchev–Trinajstić information content (AvgIpc) is 3.24. The monoisotopic (exact) mass is 454 g/mol. The number of aromatic nitrogens is 1. The Kier molecular flexibility index (Phi) is 5.71. The van der Waals surface area contributed by atoms with Gasteiger partial charge in [0, 0.05) is 21.8 Å². The number of oxazole rings is 1. The summed E-state index contributed by atoms with van der Waals surface area (Å²) in [6.07, 6.45) is 1.58. The van der Waals surface area contributed by atoms with Gasteiger partial charge in [-0.1, -0.05) is 47.5 Å². The third kappa shape index (κ3) is 4.57. The van der Waals surface area contributed by atoms with Crippen molar-refractivity contribution in [1.82, 2.24) is 4.98 Å². The molecule has 0 atom stereocenters. The Hall–Kier alpha value is -3.29. The predicted molar refractivity (Wildman–Crippen MR) is 121 cm³/mol. The van der Waals surface area contributed by atoms with E-state index in [1.807, 2.05) is 31.2 Å². The summed E-state index contributed by atoms with van der Waals surface area (Å²) in [6.45, 7) is 2.02.